The summed E-state index contributed by atoms with van der Waals surface area (Å²) in [5.74, 6) is 0.130. The molecule has 0 aliphatic carbocycles. The summed E-state index contributed by atoms with van der Waals surface area (Å²) in [5.41, 5.74) is 8.26. The zero-order chi connectivity index (χ0) is 19.1. The second-order valence-electron chi connectivity index (χ2n) is 7.08. The number of aromatic nitrogens is 4. The molecule has 2 aliphatic rings. The first-order chi connectivity index (χ1) is 13.6. The zero-order valence-corrected chi connectivity index (χ0v) is 15.4. The monoisotopic (exact) mass is 366 g/mol. The van der Waals surface area contributed by atoms with Crippen LogP contribution in [0.1, 0.15) is 35.3 Å². The first-order valence-electron chi connectivity index (χ1n) is 9.17. The second-order valence-corrected chi connectivity index (χ2v) is 7.08. The molecule has 5 heteroatoms. The van der Waals surface area contributed by atoms with Crippen LogP contribution >= 0.6 is 0 Å². The number of H-pyrrole nitrogens is 2. The van der Waals surface area contributed by atoms with Crippen molar-refractivity contribution in [3.63, 3.8) is 0 Å². The number of Topliss-reactive ketones (excluding diaryl/α,β-unsaturated/α-hetero) is 1. The maximum atomic E-state index is 11.7. The molecule has 0 radical (unpaired) electrons. The van der Waals surface area contributed by atoms with E-state index in [-0.39, 0.29) is 5.78 Å². The Kier molecular flexibility index (Phi) is 3.79. The topological polar surface area (TPSA) is 74.4 Å². The lowest BCUT2D eigenvalue weighted by molar-refractivity contribution is -0.116. The fourth-order valence-corrected chi connectivity index (χ4v) is 3.49. The third kappa shape index (κ3) is 3.30. The zero-order valence-electron chi connectivity index (χ0n) is 15.4. The number of nitrogens with one attached hydrogen (secondary N) is 2. The van der Waals surface area contributed by atoms with Gasteiger partial charge in [0, 0.05) is 28.5 Å². The highest BCUT2D eigenvalue weighted by Crippen LogP contribution is 2.20. The number of hydrogen-bond acceptors (Lipinski definition) is 3. The van der Waals surface area contributed by atoms with Gasteiger partial charge in [0.25, 0.3) is 0 Å². The highest BCUT2D eigenvalue weighted by molar-refractivity contribution is 5.84. The predicted octanol–water partition coefficient (Wildman–Crippen LogP) is 4.79. The fraction of sp³-hybridized carbons (Fsp3) is 0.0870. The van der Waals surface area contributed by atoms with Gasteiger partial charge in [-0.25, -0.2) is 9.97 Å². The van der Waals surface area contributed by atoms with E-state index in [1.165, 1.54) is 0 Å². The summed E-state index contributed by atoms with van der Waals surface area (Å²) in [5, 5.41) is 0. The molecule has 5 heterocycles. The summed E-state index contributed by atoms with van der Waals surface area (Å²) >= 11 is 0. The normalized spacial score (nSPS) is 12.5. The standard InChI is InChI=1S/C23H18N4O/c1-14(28)8-15-9-22-12-20-5-4-18(25-20)10-16-2-3-17(24-16)11-19-6-7-21(26-19)13-23(15)27-22/h2-7,9-13,25,27H,8H2,1H3. The average Bonchev–Trinajstić information content (AvgIpc) is 3.40. The third-order valence-electron chi connectivity index (χ3n) is 4.69. The molecule has 2 aliphatic heterocycles. The van der Waals surface area contributed by atoms with Gasteiger partial charge in [0.15, 0.2) is 0 Å². The number of ketones is 1. The molecular formula is C23H18N4O. The van der Waals surface area contributed by atoms with Crippen LogP contribution in [-0.4, -0.2) is 25.7 Å². The van der Waals surface area contributed by atoms with Crippen LogP contribution in [0.25, 0.3) is 46.4 Å². The molecule has 0 atom stereocenters. The number of rotatable bonds is 2. The molecule has 28 heavy (non-hydrogen) atoms. The Hall–Kier alpha value is -3.73. The molecule has 3 aromatic rings. The van der Waals surface area contributed by atoms with Crippen LogP contribution in [0.5, 0.6) is 0 Å². The van der Waals surface area contributed by atoms with E-state index >= 15 is 0 Å². The largest absolute Gasteiger partial charge is 0.355 e. The maximum absolute atomic E-state index is 11.7. The number of hydrogen-bond donors (Lipinski definition) is 2. The lowest BCUT2D eigenvalue weighted by Crippen LogP contribution is -1.94. The predicted molar refractivity (Wildman–Crippen MR) is 113 cm³/mol. The van der Waals surface area contributed by atoms with Crippen molar-refractivity contribution in [1.82, 2.24) is 19.9 Å². The summed E-state index contributed by atoms with van der Waals surface area (Å²) in [6, 6.07) is 14.1. The molecule has 0 amide bonds. The molecule has 8 bridgehead atoms. The molecule has 136 valence electrons. The molecule has 5 rings (SSSR count). The van der Waals surface area contributed by atoms with Gasteiger partial charge >= 0.3 is 0 Å². The fourth-order valence-electron chi connectivity index (χ4n) is 3.49. The average molecular weight is 366 g/mol. The summed E-state index contributed by atoms with van der Waals surface area (Å²) in [6.45, 7) is 1.61. The van der Waals surface area contributed by atoms with E-state index in [4.69, 9.17) is 0 Å². The van der Waals surface area contributed by atoms with E-state index in [0.29, 0.717) is 6.42 Å². The minimum atomic E-state index is 0.130. The number of carbonyl (C=O) groups is 1. The van der Waals surface area contributed by atoms with E-state index in [1.807, 2.05) is 66.8 Å². The van der Waals surface area contributed by atoms with Crippen LogP contribution < -0.4 is 0 Å². The van der Waals surface area contributed by atoms with Crippen molar-refractivity contribution >= 4 is 52.2 Å². The highest BCUT2D eigenvalue weighted by atomic mass is 16.1. The first kappa shape index (κ1) is 16.4. The molecule has 5 nitrogen and oxygen atoms in total. The lowest BCUT2D eigenvalue weighted by Gasteiger charge is -1.92. The molecule has 3 aromatic heterocycles. The Morgan fingerprint density at radius 3 is 2.04 bits per heavy atom. The van der Waals surface area contributed by atoms with Crippen LogP contribution in [-0.2, 0) is 11.2 Å². The Morgan fingerprint density at radius 2 is 1.36 bits per heavy atom. The molecule has 2 N–H and O–H groups in total. The van der Waals surface area contributed by atoms with E-state index in [2.05, 4.69) is 19.9 Å². The van der Waals surface area contributed by atoms with Gasteiger partial charge in [-0.1, -0.05) is 0 Å². The number of aromatic amines is 2. The van der Waals surface area contributed by atoms with Crippen molar-refractivity contribution < 1.29 is 4.79 Å². The van der Waals surface area contributed by atoms with Crippen LogP contribution in [0.2, 0.25) is 0 Å². The van der Waals surface area contributed by atoms with Crippen molar-refractivity contribution in [2.24, 2.45) is 0 Å². The second kappa shape index (κ2) is 6.46. The van der Waals surface area contributed by atoms with Crippen LogP contribution in [0.4, 0.5) is 0 Å². The molecular weight excluding hydrogens is 348 g/mol. The van der Waals surface area contributed by atoms with Crippen molar-refractivity contribution in [2.45, 2.75) is 13.3 Å². The van der Waals surface area contributed by atoms with Crippen molar-refractivity contribution in [3.05, 3.63) is 70.8 Å². The van der Waals surface area contributed by atoms with Crippen LogP contribution in [0.15, 0.2) is 42.5 Å². The molecule has 0 unspecified atom stereocenters. The summed E-state index contributed by atoms with van der Waals surface area (Å²) in [4.78, 5) is 27.8. The Balaban J connectivity index is 1.83. The van der Waals surface area contributed by atoms with E-state index < -0.39 is 0 Å². The van der Waals surface area contributed by atoms with Gasteiger partial charge in [-0.3, -0.25) is 4.79 Å². The first-order valence-corrected chi connectivity index (χ1v) is 9.17. The molecule has 0 fully saturated rings. The summed E-state index contributed by atoms with van der Waals surface area (Å²) in [7, 11) is 0. The van der Waals surface area contributed by atoms with Crippen molar-refractivity contribution in [1.29, 1.82) is 0 Å². The SMILES string of the molecule is CC(=O)Cc1cc2cc3ccc(cc4nc(cc5nc(cc1[nH]2)C=C5)C=C4)[nH]3. The van der Waals surface area contributed by atoms with Gasteiger partial charge in [-0.05, 0) is 79.3 Å². The quantitative estimate of drug-likeness (QED) is 0.472. The third-order valence-corrected chi connectivity index (χ3v) is 4.69. The Labute approximate surface area is 161 Å². The maximum Gasteiger partial charge on any atom is 0.134 e. The summed E-state index contributed by atoms with van der Waals surface area (Å²) in [6.07, 6.45) is 8.31. The summed E-state index contributed by atoms with van der Waals surface area (Å²) < 4.78 is 0. The van der Waals surface area contributed by atoms with Gasteiger partial charge < -0.3 is 9.97 Å². The van der Waals surface area contributed by atoms with E-state index in [0.717, 1.165) is 50.4 Å². The van der Waals surface area contributed by atoms with Crippen LogP contribution in [0, 0.1) is 0 Å². The lowest BCUT2D eigenvalue weighted by atomic mass is 10.1. The number of fused-ring (bicyclic) bond motifs is 8. The molecule has 0 saturated heterocycles. The van der Waals surface area contributed by atoms with E-state index in [1.54, 1.807) is 6.92 Å². The van der Waals surface area contributed by atoms with Gasteiger partial charge in [0.05, 0.1) is 22.8 Å². The van der Waals surface area contributed by atoms with Gasteiger partial charge in [0.2, 0.25) is 0 Å². The van der Waals surface area contributed by atoms with E-state index in [9.17, 15) is 4.79 Å². The van der Waals surface area contributed by atoms with Crippen molar-refractivity contribution in [2.75, 3.05) is 0 Å². The highest BCUT2D eigenvalue weighted by Gasteiger charge is 2.06. The van der Waals surface area contributed by atoms with Crippen LogP contribution in [0.3, 0.4) is 0 Å². The Bertz CT molecular complexity index is 1320. The number of nitrogens with zero attached hydrogens (tertiary/aromatic N) is 2. The van der Waals surface area contributed by atoms with Gasteiger partial charge in [0.1, 0.15) is 5.78 Å². The van der Waals surface area contributed by atoms with Crippen molar-refractivity contribution in [3.8, 4) is 0 Å². The number of carbonyl (C=O) groups excluding carboxylic acids is 1. The minimum Gasteiger partial charge on any atom is -0.355 e. The Morgan fingerprint density at radius 1 is 0.750 bits per heavy atom. The molecule has 0 saturated carbocycles. The molecule has 0 aromatic carbocycles. The van der Waals surface area contributed by atoms with Gasteiger partial charge in [-0.2, -0.15) is 0 Å². The smallest absolute Gasteiger partial charge is 0.134 e. The molecule has 0 spiro atoms. The minimum absolute atomic E-state index is 0.130. The van der Waals surface area contributed by atoms with Gasteiger partial charge in [-0.15, -0.1) is 0 Å².